The number of benzene rings is 3. The number of nitrogens with zero attached hydrogens (tertiary/aromatic N) is 1. The fourth-order valence-electron chi connectivity index (χ4n) is 3.80. The molecule has 3 aromatic rings. The number of aliphatic hydroxyl groups is 1. The minimum atomic E-state index is -0.248. The first-order valence-electron chi connectivity index (χ1n) is 8.78. The summed E-state index contributed by atoms with van der Waals surface area (Å²) < 4.78 is 5.90. The number of amides is 1. The van der Waals surface area contributed by atoms with E-state index in [0.29, 0.717) is 12.2 Å². The Hall–Kier alpha value is -2.85. The molecule has 1 aliphatic heterocycles. The molecule has 0 saturated heterocycles. The highest BCUT2D eigenvalue weighted by Gasteiger charge is 2.37. The van der Waals surface area contributed by atoms with Crippen molar-refractivity contribution in [2.45, 2.75) is 6.04 Å². The van der Waals surface area contributed by atoms with Gasteiger partial charge in [0.15, 0.2) is 0 Å². The number of hydrogen-bond acceptors (Lipinski definition) is 3. The average Bonchev–Trinajstić information content (AvgIpc) is 2.72. The number of ether oxygens (including phenoxy) is 1. The number of hydrogen-bond donors (Lipinski definition) is 1. The second kappa shape index (κ2) is 6.81. The van der Waals surface area contributed by atoms with Crippen LogP contribution in [0, 0.1) is 5.92 Å². The van der Waals surface area contributed by atoms with Gasteiger partial charge in [-0.05, 0) is 29.0 Å². The van der Waals surface area contributed by atoms with Crippen LogP contribution in [-0.2, 0) is 0 Å². The zero-order valence-electron chi connectivity index (χ0n) is 14.6. The monoisotopic (exact) mass is 347 g/mol. The summed E-state index contributed by atoms with van der Waals surface area (Å²) in [5, 5.41) is 12.1. The van der Waals surface area contributed by atoms with E-state index < -0.39 is 0 Å². The smallest absolute Gasteiger partial charge is 0.254 e. The summed E-state index contributed by atoms with van der Waals surface area (Å²) in [7, 11) is 1.81. The van der Waals surface area contributed by atoms with E-state index >= 15 is 0 Å². The van der Waals surface area contributed by atoms with Crippen LogP contribution in [-0.4, -0.2) is 36.2 Å². The molecule has 1 amide bonds. The second-order valence-electron chi connectivity index (χ2n) is 6.68. The molecule has 1 aliphatic rings. The third kappa shape index (κ3) is 2.72. The molecule has 0 aliphatic carbocycles. The molecule has 132 valence electrons. The summed E-state index contributed by atoms with van der Waals surface area (Å²) in [6.07, 6.45) is 0. The van der Waals surface area contributed by atoms with Crippen molar-refractivity contribution in [1.82, 2.24) is 4.90 Å². The van der Waals surface area contributed by atoms with Crippen LogP contribution >= 0.6 is 0 Å². The van der Waals surface area contributed by atoms with Gasteiger partial charge >= 0.3 is 0 Å². The lowest BCUT2D eigenvalue weighted by atomic mass is 9.86. The maximum absolute atomic E-state index is 13.1. The Morgan fingerprint density at radius 3 is 2.58 bits per heavy atom. The van der Waals surface area contributed by atoms with Gasteiger partial charge in [-0.1, -0.05) is 48.5 Å². The first kappa shape index (κ1) is 16.6. The molecular formula is C22H21NO3. The topological polar surface area (TPSA) is 49.8 Å². The summed E-state index contributed by atoms with van der Waals surface area (Å²) >= 11 is 0. The Balaban J connectivity index is 1.84. The fraction of sp³-hybridized carbons (Fsp3) is 0.227. The molecule has 4 nitrogen and oxygen atoms in total. The van der Waals surface area contributed by atoms with Crippen molar-refractivity contribution in [3.63, 3.8) is 0 Å². The fourth-order valence-corrected chi connectivity index (χ4v) is 3.80. The van der Waals surface area contributed by atoms with Gasteiger partial charge in [-0.15, -0.1) is 0 Å². The van der Waals surface area contributed by atoms with Gasteiger partial charge in [0, 0.05) is 24.1 Å². The number of carbonyl (C=O) groups excluding carboxylic acids is 1. The molecule has 0 spiro atoms. The molecule has 0 aromatic heterocycles. The molecule has 0 radical (unpaired) electrons. The van der Waals surface area contributed by atoms with Gasteiger partial charge in [0.2, 0.25) is 0 Å². The van der Waals surface area contributed by atoms with E-state index in [1.807, 2.05) is 66.7 Å². The van der Waals surface area contributed by atoms with Crippen LogP contribution in [0.25, 0.3) is 10.8 Å². The van der Waals surface area contributed by atoms with Crippen LogP contribution in [0.15, 0.2) is 66.7 Å². The number of fused-ring (bicyclic) bond motifs is 3. The summed E-state index contributed by atoms with van der Waals surface area (Å²) in [4.78, 5) is 14.8. The Bertz CT molecular complexity index is 939. The normalized spacial score (nSPS) is 18.8. The molecule has 26 heavy (non-hydrogen) atoms. The zero-order valence-corrected chi connectivity index (χ0v) is 14.6. The van der Waals surface area contributed by atoms with Crippen LogP contribution in [0.4, 0.5) is 0 Å². The second-order valence-corrected chi connectivity index (χ2v) is 6.68. The Morgan fingerprint density at radius 2 is 1.81 bits per heavy atom. The van der Waals surface area contributed by atoms with Crippen molar-refractivity contribution in [2.24, 2.45) is 5.92 Å². The average molecular weight is 347 g/mol. The van der Waals surface area contributed by atoms with Gasteiger partial charge in [-0.25, -0.2) is 0 Å². The largest absolute Gasteiger partial charge is 0.493 e. The molecule has 0 saturated carbocycles. The Labute approximate surface area is 152 Å². The standard InChI is InChI=1S/C22H21NO3/c1-23(22(25)16-8-3-2-4-9-16)21-17(13-24)14-26-19-12-11-15-7-5-6-10-18(15)20(19)21/h2-12,17,21,24H,13-14H2,1H3/t17-,21-/m1/s1. The summed E-state index contributed by atoms with van der Waals surface area (Å²) in [5.74, 6) is 0.548. The van der Waals surface area contributed by atoms with Gasteiger partial charge in [0.25, 0.3) is 5.91 Å². The maximum Gasteiger partial charge on any atom is 0.254 e. The van der Waals surface area contributed by atoms with Crippen molar-refractivity contribution in [2.75, 3.05) is 20.3 Å². The predicted molar refractivity (Wildman–Crippen MR) is 101 cm³/mol. The van der Waals surface area contributed by atoms with Crippen LogP contribution < -0.4 is 4.74 Å². The molecule has 3 aromatic carbocycles. The lowest BCUT2D eigenvalue weighted by Gasteiger charge is -2.39. The van der Waals surface area contributed by atoms with Crippen molar-refractivity contribution in [3.05, 3.63) is 77.9 Å². The molecule has 0 bridgehead atoms. The van der Waals surface area contributed by atoms with Crippen molar-refractivity contribution in [1.29, 1.82) is 0 Å². The highest BCUT2D eigenvalue weighted by molar-refractivity contribution is 5.95. The van der Waals surface area contributed by atoms with Gasteiger partial charge in [-0.2, -0.15) is 0 Å². The van der Waals surface area contributed by atoms with Crippen LogP contribution in [0.5, 0.6) is 5.75 Å². The van der Waals surface area contributed by atoms with E-state index in [-0.39, 0.29) is 24.5 Å². The predicted octanol–water partition coefficient (Wildman–Crippen LogP) is 3.65. The van der Waals surface area contributed by atoms with E-state index in [0.717, 1.165) is 22.1 Å². The highest BCUT2D eigenvalue weighted by atomic mass is 16.5. The molecule has 4 heteroatoms. The van der Waals surface area contributed by atoms with Gasteiger partial charge < -0.3 is 14.7 Å². The molecule has 2 atom stereocenters. The molecule has 1 heterocycles. The SMILES string of the molecule is CN(C(=O)c1ccccc1)[C@H]1c2c(ccc3ccccc23)OC[C@H]1CO. The minimum absolute atomic E-state index is 0.0419. The summed E-state index contributed by atoms with van der Waals surface area (Å²) in [6.45, 7) is 0.346. The van der Waals surface area contributed by atoms with Gasteiger partial charge in [0.1, 0.15) is 5.75 Å². The van der Waals surface area contributed by atoms with Crippen LogP contribution in [0.3, 0.4) is 0 Å². The van der Waals surface area contributed by atoms with E-state index in [1.165, 1.54) is 0 Å². The van der Waals surface area contributed by atoms with E-state index in [1.54, 1.807) is 11.9 Å². The third-order valence-corrected chi connectivity index (χ3v) is 5.12. The van der Waals surface area contributed by atoms with E-state index in [2.05, 4.69) is 0 Å². The zero-order chi connectivity index (χ0) is 18.1. The van der Waals surface area contributed by atoms with Crippen molar-refractivity contribution >= 4 is 16.7 Å². The quantitative estimate of drug-likeness (QED) is 0.787. The van der Waals surface area contributed by atoms with Gasteiger partial charge in [0.05, 0.1) is 19.3 Å². The maximum atomic E-state index is 13.1. The number of carbonyl (C=O) groups is 1. The highest BCUT2D eigenvalue weighted by Crippen LogP contribution is 2.43. The van der Waals surface area contributed by atoms with Gasteiger partial charge in [-0.3, -0.25) is 4.79 Å². The first-order valence-corrected chi connectivity index (χ1v) is 8.78. The van der Waals surface area contributed by atoms with E-state index in [4.69, 9.17) is 4.74 Å². The summed E-state index contributed by atoms with van der Waals surface area (Å²) in [5.41, 5.74) is 1.61. The number of aliphatic hydroxyl groups excluding tert-OH is 1. The third-order valence-electron chi connectivity index (χ3n) is 5.12. The Morgan fingerprint density at radius 1 is 1.08 bits per heavy atom. The summed E-state index contributed by atoms with van der Waals surface area (Å²) in [6, 6.07) is 21.1. The molecule has 0 fully saturated rings. The lowest BCUT2D eigenvalue weighted by Crippen LogP contribution is -2.41. The van der Waals surface area contributed by atoms with Crippen molar-refractivity contribution in [3.8, 4) is 5.75 Å². The molecule has 1 N–H and O–H groups in total. The van der Waals surface area contributed by atoms with Crippen LogP contribution in [0.2, 0.25) is 0 Å². The van der Waals surface area contributed by atoms with Crippen molar-refractivity contribution < 1.29 is 14.6 Å². The minimum Gasteiger partial charge on any atom is -0.493 e. The first-order chi connectivity index (χ1) is 12.7. The van der Waals surface area contributed by atoms with E-state index in [9.17, 15) is 9.90 Å². The van der Waals surface area contributed by atoms with Crippen LogP contribution in [0.1, 0.15) is 22.0 Å². The lowest BCUT2D eigenvalue weighted by molar-refractivity contribution is 0.0435. The number of rotatable bonds is 3. The molecular weight excluding hydrogens is 326 g/mol. The molecule has 0 unspecified atom stereocenters. The Kier molecular flexibility index (Phi) is 4.35. The molecule has 4 rings (SSSR count).